The lowest BCUT2D eigenvalue weighted by Gasteiger charge is -2.12. The summed E-state index contributed by atoms with van der Waals surface area (Å²) >= 11 is 0. The molecular weight excluding hydrogens is 264 g/mol. The van der Waals surface area contributed by atoms with Crippen LogP contribution < -0.4 is 15.2 Å². The van der Waals surface area contributed by atoms with Crippen LogP contribution in [0.3, 0.4) is 0 Å². The van der Waals surface area contributed by atoms with Gasteiger partial charge in [0.05, 0.1) is 12.6 Å². The second kappa shape index (κ2) is 5.71. The molecule has 0 atom stereocenters. The largest absolute Gasteiger partial charge is 0.496 e. The van der Waals surface area contributed by atoms with E-state index in [2.05, 4.69) is 4.98 Å². The highest BCUT2D eigenvalue weighted by Crippen LogP contribution is 2.27. The zero-order valence-electron chi connectivity index (χ0n) is 11.7. The summed E-state index contributed by atoms with van der Waals surface area (Å²) in [5, 5.41) is 0.995. The quantitative estimate of drug-likeness (QED) is 0.744. The molecule has 3 aromatic rings. The van der Waals surface area contributed by atoms with E-state index < -0.39 is 0 Å². The summed E-state index contributed by atoms with van der Waals surface area (Å²) in [6, 6.07) is 15.3. The number of aromatic nitrogens is 1. The summed E-state index contributed by atoms with van der Waals surface area (Å²) in [6.07, 6.45) is 1.77. The maximum Gasteiger partial charge on any atom is 0.129 e. The highest BCUT2D eigenvalue weighted by atomic mass is 16.5. The van der Waals surface area contributed by atoms with E-state index in [1.807, 2.05) is 42.5 Å². The smallest absolute Gasteiger partial charge is 0.129 e. The van der Waals surface area contributed by atoms with Crippen LogP contribution in [0.25, 0.3) is 10.9 Å². The lowest BCUT2D eigenvalue weighted by Crippen LogP contribution is -2.00. The molecule has 2 aromatic carbocycles. The normalized spacial score (nSPS) is 10.5. The van der Waals surface area contributed by atoms with Crippen molar-refractivity contribution in [3.63, 3.8) is 0 Å². The van der Waals surface area contributed by atoms with Crippen LogP contribution in [0.4, 0.5) is 5.69 Å². The standard InChI is InChI=1S/C17H16N2O2/c1-20-17-10-13(18)8-7-12(17)11-21-16-6-2-5-15-14(16)4-3-9-19-15/h2-10H,11,18H2,1H3. The van der Waals surface area contributed by atoms with Gasteiger partial charge in [-0.15, -0.1) is 0 Å². The SMILES string of the molecule is COc1cc(N)ccc1COc1cccc2ncccc12. The minimum Gasteiger partial charge on any atom is -0.496 e. The number of methoxy groups -OCH3 is 1. The third-order valence-electron chi connectivity index (χ3n) is 3.30. The molecule has 21 heavy (non-hydrogen) atoms. The molecule has 4 heteroatoms. The van der Waals surface area contributed by atoms with Crippen LogP contribution in [0, 0.1) is 0 Å². The Labute approximate surface area is 123 Å². The van der Waals surface area contributed by atoms with Crippen LogP contribution in [0.1, 0.15) is 5.56 Å². The molecule has 3 rings (SSSR count). The van der Waals surface area contributed by atoms with Crippen molar-refractivity contribution in [3.8, 4) is 11.5 Å². The predicted octanol–water partition coefficient (Wildman–Crippen LogP) is 3.40. The molecule has 0 fully saturated rings. The van der Waals surface area contributed by atoms with Crippen molar-refractivity contribution < 1.29 is 9.47 Å². The Morgan fingerprint density at radius 2 is 1.95 bits per heavy atom. The Hall–Kier alpha value is -2.75. The molecule has 1 heterocycles. The van der Waals surface area contributed by atoms with Gasteiger partial charge in [0.2, 0.25) is 0 Å². The number of fused-ring (bicyclic) bond motifs is 1. The van der Waals surface area contributed by atoms with Gasteiger partial charge >= 0.3 is 0 Å². The summed E-state index contributed by atoms with van der Waals surface area (Å²) in [4.78, 5) is 4.32. The van der Waals surface area contributed by atoms with E-state index in [9.17, 15) is 0 Å². The van der Waals surface area contributed by atoms with E-state index in [0.29, 0.717) is 12.3 Å². The van der Waals surface area contributed by atoms with Crippen LogP contribution in [0.5, 0.6) is 11.5 Å². The third kappa shape index (κ3) is 2.74. The number of hydrogen-bond donors (Lipinski definition) is 1. The number of ether oxygens (including phenoxy) is 2. The van der Waals surface area contributed by atoms with Gasteiger partial charge in [0.15, 0.2) is 0 Å². The molecule has 2 N–H and O–H groups in total. The number of nitrogens with zero attached hydrogens (tertiary/aromatic N) is 1. The van der Waals surface area contributed by atoms with Crippen molar-refractivity contribution in [1.29, 1.82) is 0 Å². The maximum atomic E-state index is 5.93. The van der Waals surface area contributed by atoms with E-state index >= 15 is 0 Å². The fourth-order valence-corrected chi connectivity index (χ4v) is 2.24. The van der Waals surface area contributed by atoms with E-state index in [0.717, 1.165) is 28.0 Å². The highest BCUT2D eigenvalue weighted by Gasteiger charge is 2.06. The van der Waals surface area contributed by atoms with Gasteiger partial charge < -0.3 is 15.2 Å². The van der Waals surface area contributed by atoms with Crippen LogP contribution in [-0.2, 0) is 6.61 Å². The number of hydrogen-bond acceptors (Lipinski definition) is 4. The molecule has 0 saturated carbocycles. The van der Waals surface area contributed by atoms with E-state index in [-0.39, 0.29) is 0 Å². The lowest BCUT2D eigenvalue weighted by atomic mass is 10.2. The molecule has 4 nitrogen and oxygen atoms in total. The minimum absolute atomic E-state index is 0.414. The van der Waals surface area contributed by atoms with E-state index in [4.69, 9.17) is 15.2 Å². The summed E-state index contributed by atoms with van der Waals surface area (Å²) in [5.41, 5.74) is 8.29. The molecule has 1 aromatic heterocycles. The first kappa shape index (κ1) is 13.2. The fraction of sp³-hybridized carbons (Fsp3) is 0.118. The number of anilines is 1. The number of benzene rings is 2. The molecule has 0 amide bonds. The Morgan fingerprint density at radius 3 is 2.81 bits per heavy atom. The Kier molecular flexibility index (Phi) is 3.60. The molecule has 0 bridgehead atoms. The number of rotatable bonds is 4. The van der Waals surface area contributed by atoms with Crippen molar-refractivity contribution in [2.24, 2.45) is 0 Å². The average molecular weight is 280 g/mol. The van der Waals surface area contributed by atoms with Gasteiger partial charge in [-0.2, -0.15) is 0 Å². The van der Waals surface area contributed by atoms with Crippen molar-refractivity contribution in [3.05, 3.63) is 60.3 Å². The van der Waals surface area contributed by atoms with Crippen LogP contribution >= 0.6 is 0 Å². The molecular formula is C17H16N2O2. The first-order valence-corrected chi connectivity index (χ1v) is 6.67. The summed E-state index contributed by atoms with van der Waals surface area (Å²) < 4.78 is 11.3. The predicted molar refractivity (Wildman–Crippen MR) is 83.5 cm³/mol. The molecule has 0 aliphatic carbocycles. The maximum absolute atomic E-state index is 5.93. The van der Waals surface area contributed by atoms with Crippen molar-refractivity contribution in [1.82, 2.24) is 4.98 Å². The molecule has 0 unspecified atom stereocenters. The van der Waals surface area contributed by atoms with Crippen molar-refractivity contribution >= 4 is 16.6 Å². The monoisotopic (exact) mass is 280 g/mol. The van der Waals surface area contributed by atoms with Crippen LogP contribution in [-0.4, -0.2) is 12.1 Å². The molecule has 0 spiro atoms. The lowest BCUT2D eigenvalue weighted by molar-refractivity contribution is 0.300. The molecule has 0 aliphatic rings. The Balaban J connectivity index is 1.87. The minimum atomic E-state index is 0.414. The second-order valence-electron chi connectivity index (χ2n) is 4.69. The highest BCUT2D eigenvalue weighted by molar-refractivity contribution is 5.84. The summed E-state index contributed by atoms with van der Waals surface area (Å²) in [5.74, 6) is 1.54. The molecule has 106 valence electrons. The van der Waals surface area contributed by atoms with Gasteiger partial charge in [0.1, 0.15) is 18.1 Å². The topological polar surface area (TPSA) is 57.4 Å². The van der Waals surface area contributed by atoms with Gasteiger partial charge in [0.25, 0.3) is 0 Å². The summed E-state index contributed by atoms with van der Waals surface area (Å²) in [7, 11) is 1.63. The first-order chi connectivity index (χ1) is 10.3. The third-order valence-corrected chi connectivity index (χ3v) is 3.30. The average Bonchev–Trinajstić information content (AvgIpc) is 2.53. The number of nitrogens with two attached hydrogens (primary N) is 1. The van der Waals surface area contributed by atoms with E-state index in [1.165, 1.54) is 0 Å². The van der Waals surface area contributed by atoms with Crippen LogP contribution in [0.2, 0.25) is 0 Å². The molecule has 0 radical (unpaired) electrons. The Bertz CT molecular complexity index is 766. The van der Waals surface area contributed by atoms with Crippen LogP contribution in [0.15, 0.2) is 54.7 Å². The first-order valence-electron chi connectivity index (χ1n) is 6.67. The molecule has 0 aliphatic heterocycles. The van der Waals surface area contributed by atoms with E-state index in [1.54, 1.807) is 19.4 Å². The zero-order valence-corrected chi connectivity index (χ0v) is 11.7. The number of nitrogen functional groups attached to an aromatic ring is 1. The molecule has 0 saturated heterocycles. The van der Waals surface area contributed by atoms with Gasteiger partial charge in [-0.25, -0.2) is 0 Å². The van der Waals surface area contributed by atoms with Gasteiger partial charge in [0, 0.05) is 28.9 Å². The van der Waals surface area contributed by atoms with Gasteiger partial charge in [-0.05, 0) is 36.4 Å². The number of pyridine rings is 1. The van der Waals surface area contributed by atoms with Crippen molar-refractivity contribution in [2.75, 3.05) is 12.8 Å². The Morgan fingerprint density at radius 1 is 1.05 bits per heavy atom. The van der Waals surface area contributed by atoms with Crippen molar-refractivity contribution in [2.45, 2.75) is 6.61 Å². The van der Waals surface area contributed by atoms with Gasteiger partial charge in [-0.3, -0.25) is 4.98 Å². The summed E-state index contributed by atoms with van der Waals surface area (Å²) in [6.45, 7) is 0.414. The fourth-order valence-electron chi connectivity index (χ4n) is 2.24. The zero-order chi connectivity index (χ0) is 14.7. The van der Waals surface area contributed by atoms with Gasteiger partial charge in [-0.1, -0.05) is 6.07 Å². The second-order valence-corrected chi connectivity index (χ2v) is 4.69.